The number of hydrogen-bond acceptors (Lipinski definition) is 4. The van der Waals surface area contributed by atoms with Crippen LogP contribution in [0.15, 0.2) is 35.0 Å². The number of hydrogen-bond donors (Lipinski definition) is 1. The van der Waals surface area contributed by atoms with Gasteiger partial charge in [-0.1, -0.05) is 23.4 Å². The predicted octanol–water partition coefficient (Wildman–Crippen LogP) is 2.56. The molecule has 0 aliphatic carbocycles. The van der Waals surface area contributed by atoms with E-state index >= 15 is 0 Å². The van der Waals surface area contributed by atoms with E-state index in [4.69, 9.17) is 9.26 Å². The van der Waals surface area contributed by atoms with E-state index in [1.165, 1.54) is 11.1 Å². The van der Waals surface area contributed by atoms with Gasteiger partial charge in [-0.05, 0) is 31.0 Å². The maximum Gasteiger partial charge on any atom is 0.167 e. The summed E-state index contributed by atoms with van der Waals surface area (Å²) in [5.74, 6) is 0.835. The van der Waals surface area contributed by atoms with Crippen molar-refractivity contribution in [1.29, 1.82) is 0 Å². The number of nitrogens with zero attached hydrogens (tertiary/aromatic N) is 1. The third kappa shape index (κ3) is 2.41. The summed E-state index contributed by atoms with van der Waals surface area (Å²) in [6.45, 7) is 1.63. The van der Waals surface area contributed by atoms with Gasteiger partial charge in [0.15, 0.2) is 5.76 Å². The molecule has 3 rings (SSSR count). The van der Waals surface area contributed by atoms with Gasteiger partial charge in [-0.15, -0.1) is 0 Å². The lowest BCUT2D eigenvalue weighted by atomic mass is 9.93. The number of likely N-dealkylation sites (N-methyl/N-ethyl adjacent to an activating group) is 1. The van der Waals surface area contributed by atoms with Crippen LogP contribution in [0.5, 0.6) is 0 Å². The highest BCUT2D eigenvalue weighted by molar-refractivity contribution is 5.64. The zero-order valence-corrected chi connectivity index (χ0v) is 11.1. The predicted molar refractivity (Wildman–Crippen MR) is 72.9 cm³/mol. The standard InChI is InChI=1S/C15H18N2O2/c1-16-10-15-13-5-2-4-12(14-7-8-17-19-14)11(13)6-3-9-18-15/h2,4-5,7-8,15-16H,3,6,9-10H2,1H3. The van der Waals surface area contributed by atoms with Crippen molar-refractivity contribution in [3.05, 3.63) is 41.6 Å². The first-order valence-electron chi connectivity index (χ1n) is 6.69. The molecule has 2 aromatic rings. The van der Waals surface area contributed by atoms with Gasteiger partial charge in [0.25, 0.3) is 0 Å². The summed E-state index contributed by atoms with van der Waals surface area (Å²) < 4.78 is 11.2. The number of fused-ring (bicyclic) bond motifs is 1. The second-order valence-corrected chi connectivity index (χ2v) is 4.77. The number of ether oxygens (including phenoxy) is 1. The first-order valence-corrected chi connectivity index (χ1v) is 6.69. The van der Waals surface area contributed by atoms with Crippen LogP contribution in [0.2, 0.25) is 0 Å². The number of benzene rings is 1. The molecule has 1 aromatic carbocycles. The quantitative estimate of drug-likeness (QED) is 0.919. The fourth-order valence-corrected chi connectivity index (χ4v) is 2.69. The van der Waals surface area contributed by atoms with Gasteiger partial charge in [0.05, 0.1) is 12.3 Å². The minimum atomic E-state index is 0.116. The zero-order valence-electron chi connectivity index (χ0n) is 11.1. The molecule has 1 aliphatic rings. The normalized spacial score (nSPS) is 18.9. The van der Waals surface area contributed by atoms with Gasteiger partial charge in [-0.25, -0.2) is 0 Å². The Morgan fingerprint density at radius 1 is 1.37 bits per heavy atom. The van der Waals surface area contributed by atoms with Crippen LogP contribution in [0.25, 0.3) is 11.3 Å². The molecular weight excluding hydrogens is 240 g/mol. The number of aromatic nitrogens is 1. The molecule has 0 saturated carbocycles. The van der Waals surface area contributed by atoms with Crippen LogP contribution in [-0.4, -0.2) is 25.4 Å². The molecule has 19 heavy (non-hydrogen) atoms. The lowest BCUT2D eigenvalue weighted by molar-refractivity contribution is 0.0579. The Bertz CT molecular complexity index is 537. The van der Waals surface area contributed by atoms with E-state index in [1.807, 2.05) is 13.1 Å². The van der Waals surface area contributed by atoms with Crippen LogP contribution >= 0.6 is 0 Å². The van der Waals surface area contributed by atoms with E-state index < -0.39 is 0 Å². The molecule has 4 heteroatoms. The Kier molecular flexibility index (Phi) is 3.62. The Labute approximate surface area is 112 Å². The van der Waals surface area contributed by atoms with Crippen molar-refractivity contribution in [2.75, 3.05) is 20.2 Å². The summed E-state index contributed by atoms with van der Waals surface area (Å²) in [4.78, 5) is 0. The van der Waals surface area contributed by atoms with E-state index in [-0.39, 0.29) is 6.10 Å². The third-order valence-corrected chi connectivity index (χ3v) is 3.54. The molecule has 1 aliphatic heterocycles. The van der Waals surface area contributed by atoms with E-state index in [9.17, 15) is 0 Å². The smallest absolute Gasteiger partial charge is 0.167 e. The molecule has 2 heterocycles. The molecule has 1 atom stereocenters. The topological polar surface area (TPSA) is 47.3 Å². The molecule has 0 saturated heterocycles. The summed E-state index contributed by atoms with van der Waals surface area (Å²) in [7, 11) is 1.95. The fourth-order valence-electron chi connectivity index (χ4n) is 2.69. The summed E-state index contributed by atoms with van der Waals surface area (Å²) >= 11 is 0. The molecule has 0 spiro atoms. The van der Waals surface area contributed by atoms with Crippen LogP contribution in [0.1, 0.15) is 23.7 Å². The zero-order chi connectivity index (χ0) is 13.1. The minimum absolute atomic E-state index is 0.116. The molecule has 1 N–H and O–H groups in total. The van der Waals surface area contributed by atoms with Gasteiger partial charge in [-0.2, -0.15) is 0 Å². The van der Waals surface area contributed by atoms with Crippen molar-refractivity contribution in [2.45, 2.75) is 18.9 Å². The molecule has 0 fully saturated rings. The second-order valence-electron chi connectivity index (χ2n) is 4.77. The van der Waals surface area contributed by atoms with E-state index in [2.05, 4.69) is 28.7 Å². The van der Waals surface area contributed by atoms with Crippen molar-refractivity contribution in [3.8, 4) is 11.3 Å². The fraction of sp³-hybridized carbons (Fsp3) is 0.400. The van der Waals surface area contributed by atoms with Gasteiger partial charge in [-0.3, -0.25) is 0 Å². The Morgan fingerprint density at radius 3 is 3.11 bits per heavy atom. The van der Waals surface area contributed by atoms with Crippen molar-refractivity contribution >= 4 is 0 Å². The van der Waals surface area contributed by atoms with E-state index in [0.29, 0.717) is 0 Å². The van der Waals surface area contributed by atoms with E-state index in [0.717, 1.165) is 37.3 Å². The lowest BCUT2D eigenvalue weighted by Gasteiger charge is -2.18. The molecule has 1 unspecified atom stereocenters. The Hall–Kier alpha value is -1.65. The van der Waals surface area contributed by atoms with Crippen molar-refractivity contribution in [3.63, 3.8) is 0 Å². The second kappa shape index (κ2) is 5.55. The van der Waals surface area contributed by atoms with Crippen molar-refractivity contribution in [1.82, 2.24) is 10.5 Å². The first kappa shape index (κ1) is 12.4. The Morgan fingerprint density at radius 2 is 2.32 bits per heavy atom. The largest absolute Gasteiger partial charge is 0.372 e. The minimum Gasteiger partial charge on any atom is -0.372 e. The molecular formula is C15H18N2O2. The van der Waals surface area contributed by atoms with Crippen LogP contribution < -0.4 is 5.32 Å². The molecule has 0 amide bonds. The molecule has 0 radical (unpaired) electrons. The van der Waals surface area contributed by atoms with E-state index in [1.54, 1.807) is 6.20 Å². The molecule has 1 aromatic heterocycles. The average molecular weight is 258 g/mol. The maximum absolute atomic E-state index is 5.93. The van der Waals surface area contributed by atoms with Crippen molar-refractivity contribution in [2.24, 2.45) is 0 Å². The molecule has 4 nitrogen and oxygen atoms in total. The SMILES string of the molecule is CNCC1OCCCc2c(-c3ccno3)cccc21. The maximum atomic E-state index is 5.93. The molecule has 0 bridgehead atoms. The monoisotopic (exact) mass is 258 g/mol. The van der Waals surface area contributed by atoms with Gasteiger partial charge < -0.3 is 14.6 Å². The highest BCUT2D eigenvalue weighted by atomic mass is 16.5. The summed E-state index contributed by atoms with van der Waals surface area (Å²) in [5.41, 5.74) is 3.74. The first-order chi connectivity index (χ1) is 9.40. The Balaban J connectivity index is 2.07. The summed E-state index contributed by atoms with van der Waals surface area (Å²) in [6, 6.07) is 8.23. The average Bonchev–Trinajstić information content (AvgIpc) is 2.89. The van der Waals surface area contributed by atoms with Gasteiger partial charge in [0, 0.05) is 24.8 Å². The lowest BCUT2D eigenvalue weighted by Crippen LogP contribution is -2.19. The summed E-state index contributed by atoms with van der Waals surface area (Å²) in [6.07, 6.45) is 3.86. The van der Waals surface area contributed by atoms with Gasteiger partial charge in [0.1, 0.15) is 0 Å². The summed E-state index contributed by atoms with van der Waals surface area (Å²) in [5, 5.41) is 7.01. The van der Waals surface area contributed by atoms with Crippen LogP contribution in [0.3, 0.4) is 0 Å². The number of rotatable bonds is 3. The molecule has 100 valence electrons. The number of nitrogens with one attached hydrogen (secondary N) is 1. The van der Waals surface area contributed by atoms with Gasteiger partial charge >= 0.3 is 0 Å². The third-order valence-electron chi connectivity index (χ3n) is 3.54. The van der Waals surface area contributed by atoms with Gasteiger partial charge in [0.2, 0.25) is 0 Å². The van der Waals surface area contributed by atoms with Crippen LogP contribution in [-0.2, 0) is 11.2 Å². The highest BCUT2D eigenvalue weighted by Gasteiger charge is 2.22. The highest BCUT2D eigenvalue weighted by Crippen LogP contribution is 2.33. The van der Waals surface area contributed by atoms with Crippen LogP contribution in [0, 0.1) is 0 Å². The van der Waals surface area contributed by atoms with Crippen molar-refractivity contribution < 1.29 is 9.26 Å². The van der Waals surface area contributed by atoms with Crippen LogP contribution in [0.4, 0.5) is 0 Å².